The first-order valence-corrected chi connectivity index (χ1v) is 8.79. The van der Waals surface area contributed by atoms with Crippen LogP contribution in [0.4, 0.5) is 0 Å². The molecule has 4 N–H and O–H groups in total. The largest absolute Gasteiger partial charge is 0.368 e. The van der Waals surface area contributed by atoms with Gasteiger partial charge in [-0.3, -0.25) is 14.4 Å². The topological polar surface area (TPSA) is 125 Å². The lowest BCUT2D eigenvalue weighted by molar-refractivity contribution is -0.671. The first-order chi connectivity index (χ1) is 13.0. The van der Waals surface area contributed by atoms with Crippen LogP contribution >= 0.6 is 0 Å². The van der Waals surface area contributed by atoms with E-state index in [4.69, 9.17) is 5.73 Å². The smallest absolute Gasteiger partial charge is 0.258 e. The van der Waals surface area contributed by atoms with Crippen LogP contribution in [-0.2, 0) is 23.1 Å². The van der Waals surface area contributed by atoms with Crippen molar-refractivity contribution in [3.8, 4) is 0 Å². The predicted octanol–water partition coefficient (Wildman–Crippen LogP) is -0.948. The number of aryl methyl sites for hydroxylation is 1. The van der Waals surface area contributed by atoms with Crippen molar-refractivity contribution in [2.75, 3.05) is 6.54 Å². The summed E-state index contributed by atoms with van der Waals surface area (Å²) >= 11 is 0. The minimum Gasteiger partial charge on any atom is -0.368 e. The number of carbonyl (C=O) groups excluding carboxylic acids is 3. The van der Waals surface area contributed by atoms with Crippen LogP contribution in [-0.4, -0.2) is 51.2 Å². The van der Waals surface area contributed by atoms with Gasteiger partial charge >= 0.3 is 0 Å². The van der Waals surface area contributed by atoms with Gasteiger partial charge in [0.1, 0.15) is 24.7 Å². The van der Waals surface area contributed by atoms with E-state index in [1.54, 1.807) is 29.1 Å². The number of pyridine rings is 1. The Hall–Kier alpha value is -3.23. The molecule has 0 spiro atoms. The molecule has 9 nitrogen and oxygen atoms in total. The monoisotopic (exact) mass is 371 g/mol. The molecule has 1 aliphatic rings. The molecule has 0 aromatic carbocycles. The molecular formula is C18H23N6O3+. The van der Waals surface area contributed by atoms with E-state index in [1.165, 1.54) is 11.2 Å². The zero-order valence-electron chi connectivity index (χ0n) is 15.1. The summed E-state index contributed by atoms with van der Waals surface area (Å²) in [6.07, 6.45) is 8.09. The second-order valence-electron chi connectivity index (χ2n) is 6.66. The van der Waals surface area contributed by atoms with Crippen LogP contribution < -0.4 is 15.6 Å². The van der Waals surface area contributed by atoms with Crippen LogP contribution in [0, 0.1) is 0 Å². The van der Waals surface area contributed by atoms with Crippen LogP contribution in [0.5, 0.6) is 0 Å². The van der Waals surface area contributed by atoms with Crippen LogP contribution in [0.2, 0.25) is 0 Å². The number of aromatic nitrogens is 3. The van der Waals surface area contributed by atoms with Gasteiger partial charge in [0.05, 0.1) is 6.33 Å². The lowest BCUT2D eigenvalue weighted by Crippen LogP contribution is -2.53. The standard InChI is InChI=1S/C18H22N6O3/c1-23-6-2-4-12(10-23)17(26)22-14(8-13-9-20-11-21-13)18(27)24-7-3-5-15(24)16(19)25/h2,4,6,9-11,14-15H,3,5,7-8H2,1H3,(H3-,19,20,21,22,25,26)/p+1/t14-,15-/m0/s1. The first kappa shape index (κ1) is 18.6. The molecular weight excluding hydrogens is 348 g/mol. The number of carbonyl (C=O) groups is 3. The highest BCUT2D eigenvalue weighted by Crippen LogP contribution is 2.19. The third-order valence-electron chi connectivity index (χ3n) is 4.65. The Morgan fingerprint density at radius 1 is 1.48 bits per heavy atom. The lowest BCUT2D eigenvalue weighted by Gasteiger charge is -2.27. The van der Waals surface area contributed by atoms with Gasteiger partial charge in [0.15, 0.2) is 12.4 Å². The number of aromatic amines is 1. The van der Waals surface area contributed by atoms with Gasteiger partial charge in [-0.05, 0) is 18.9 Å². The van der Waals surface area contributed by atoms with Crippen molar-refractivity contribution >= 4 is 17.7 Å². The van der Waals surface area contributed by atoms with E-state index in [-0.39, 0.29) is 18.2 Å². The molecule has 3 amide bonds. The average Bonchev–Trinajstić information content (AvgIpc) is 3.32. The number of amides is 3. The van der Waals surface area contributed by atoms with E-state index >= 15 is 0 Å². The van der Waals surface area contributed by atoms with E-state index < -0.39 is 18.0 Å². The molecule has 3 rings (SSSR count). The van der Waals surface area contributed by atoms with Crippen molar-refractivity contribution in [2.24, 2.45) is 12.8 Å². The Morgan fingerprint density at radius 2 is 2.30 bits per heavy atom. The van der Waals surface area contributed by atoms with Crippen LogP contribution in [0.3, 0.4) is 0 Å². The Kier molecular flexibility index (Phi) is 5.49. The maximum atomic E-state index is 13.1. The Balaban J connectivity index is 1.81. The molecule has 1 saturated heterocycles. The fourth-order valence-corrected chi connectivity index (χ4v) is 3.31. The summed E-state index contributed by atoms with van der Waals surface area (Å²) in [7, 11) is 1.81. The van der Waals surface area contributed by atoms with E-state index in [0.29, 0.717) is 30.6 Å². The molecule has 142 valence electrons. The number of rotatable bonds is 6. The fraction of sp³-hybridized carbons (Fsp3) is 0.389. The Labute approximate surface area is 156 Å². The van der Waals surface area contributed by atoms with Gasteiger partial charge < -0.3 is 20.9 Å². The van der Waals surface area contributed by atoms with E-state index in [0.717, 1.165) is 0 Å². The van der Waals surface area contributed by atoms with Crippen molar-refractivity contribution in [3.05, 3.63) is 48.3 Å². The third kappa shape index (κ3) is 4.30. The number of H-pyrrole nitrogens is 1. The molecule has 9 heteroatoms. The van der Waals surface area contributed by atoms with Gasteiger partial charge in [0.2, 0.25) is 11.8 Å². The molecule has 0 aliphatic carbocycles. The molecule has 1 aliphatic heterocycles. The highest BCUT2D eigenvalue weighted by atomic mass is 16.2. The minimum atomic E-state index is -0.830. The van der Waals surface area contributed by atoms with Gasteiger partial charge in [-0.1, -0.05) is 0 Å². The summed E-state index contributed by atoms with van der Waals surface area (Å²) in [6.45, 7) is 0.447. The zero-order chi connectivity index (χ0) is 19.4. The van der Waals surface area contributed by atoms with E-state index in [9.17, 15) is 14.4 Å². The van der Waals surface area contributed by atoms with Crippen LogP contribution in [0.25, 0.3) is 0 Å². The highest BCUT2D eigenvalue weighted by Gasteiger charge is 2.37. The SMILES string of the molecule is C[n+]1cccc(C(=O)N[C@@H](Cc2cnc[nH]2)C(=O)N2CCC[C@H]2C(N)=O)c1. The third-order valence-corrected chi connectivity index (χ3v) is 4.65. The number of hydrogen-bond acceptors (Lipinski definition) is 4. The van der Waals surface area contributed by atoms with Crippen LogP contribution in [0.1, 0.15) is 28.9 Å². The van der Waals surface area contributed by atoms with Crippen molar-refractivity contribution < 1.29 is 19.0 Å². The van der Waals surface area contributed by atoms with Gasteiger partial charge in [0.25, 0.3) is 5.91 Å². The number of imidazole rings is 1. The van der Waals surface area contributed by atoms with Gasteiger partial charge in [-0.25, -0.2) is 9.55 Å². The Bertz CT molecular complexity index is 835. The molecule has 0 radical (unpaired) electrons. The predicted molar refractivity (Wildman–Crippen MR) is 95.1 cm³/mol. The number of nitrogens with one attached hydrogen (secondary N) is 2. The molecule has 2 aromatic rings. The van der Waals surface area contributed by atoms with Gasteiger partial charge in [0, 0.05) is 30.9 Å². The molecule has 3 heterocycles. The second kappa shape index (κ2) is 7.98. The molecule has 0 unspecified atom stereocenters. The molecule has 0 bridgehead atoms. The van der Waals surface area contributed by atoms with Crippen molar-refractivity contribution in [1.29, 1.82) is 0 Å². The Morgan fingerprint density at radius 3 is 2.96 bits per heavy atom. The normalized spacial score (nSPS) is 17.5. The molecule has 1 fully saturated rings. The maximum absolute atomic E-state index is 13.1. The quantitative estimate of drug-likeness (QED) is 0.566. The van der Waals surface area contributed by atoms with Crippen LogP contribution in [0.15, 0.2) is 37.1 Å². The molecule has 0 saturated carbocycles. The summed E-state index contributed by atoms with van der Waals surface area (Å²) in [6, 6.07) is 1.97. The van der Waals surface area contributed by atoms with Gasteiger partial charge in [-0.2, -0.15) is 0 Å². The van der Waals surface area contributed by atoms with Gasteiger partial charge in [-0.15, -0.1) is 0 Å². The summed E-state index contributed by atoms with van der Waals surface area (Å²) in [5.74, 6) is -1.21. The average molecular weight is 371 g/mol. The molecule has 27 heavy (non-hydrogen) atoms. The van der Waals surface area contributed by atoms with Crippen molar-refractivity contribution in [3.63, 3.8) is 0 Å². The summed E-state index contributed by atoms with van der Waals surface area (Å²) < 4.78 is 1.75. The van der Waals surface area contributed by atoms with Crippen molar-refractivity contribution in [1.82, 2.24) is 20.2 Å². The summed E-state index contributed by atoms with van der Waals surface area (Å²) in [4.78, 5) is 45.8. The lowest BCUT2D eigenvalue weighted by atomic mass is 10.1. The molecule has 2 aromatic heterocycles. The van der Waals surface area contributed by atoms with Crippen molar-refractivity contribution in [2.45, 2.75) is 31.3 Å². The zero-order valence-corrected chi connectivity index (χ0v) is 15.1. The summed E-state index contributed by atoms with van der Waals surface area (Å²) in [5.41, 5.74) is 6.58. The van der Waals surface area contributed by atoms with E-state index in [1.807, 2.05) is 13.2 Å². The minimum absolute atomic E-state index is 0.242. The summed E-state index contributed by atoms with van der Waals surface area (Å²) in [5, 5.41) is 2.79. The fourth-order valence-electron chi connectivity index (χ4n) is 3.31. The molecule has 2 atom stereocenters. The highest BCUT2D eigenvalue weighted by molar-refractivity contribution is 5.98. The first-order valence-electron chi connectivity index (χ1n) is 8.79. The number of likely N-dealkylation sites (tertiary alicyclic amines) is 1. The number of nitrogens with two attached hydrogens (primary N) is 1. The maximum Gasteiger partial charge on any atom is 0.258 e. The number of nitrogens with zero attached hydrogens (tertiary/aromatic N) is 3. The number of primary amides is 1. The van der Waals surface area contributed by atoms with E-state index in [2.05, 4.69) is 15.3 Å². The number of hydrogen-bond donors (Lipinski definition) is 3. The second-order valence-corrected chi connectivity index (χ2v) is 6.66.